The summed E-state index contributed by atoms with van der Waals surface area (Å²) in [5, 5.41) is 9.81. The van der Waals surface area contributed by atoms with Crippen LogP contribution in [0.15, 0.2) is 11.6 Å². The van der Waals surface area contributed by atoms with Gasteiger partial charge in [0.2, 0.25) is 0 Å². The number of cyclic esters (lactones) is 1. The molecular formula is C20H32O4. The SMILES string of the molecule is CO[C@@H]1C=C2C[C@H](C)CC[C@@H]2[C@@H](CC[C@@H]2C[C@@H](O)CC(=O)O2)[C@H]1C. The van der Waals surface area contributed by atoms with Crippen molar-refractivity contribution >= 4 is 5.97 Å². The van der Waals surface area contributed by atoms with Gasteiger partial charge in [0.1, 0.15) is 6.10 Å². The fraction of sp³-hybridized carbons (Fsp3) is 0.850. The second-order valence-corrected chi connectivity index (χ2v) is 8.24. The molecule has 3 aliphatic rings. The van der Waals surface area contributed by atoms with Crippen molar-refractivity contribution in [3.63, 3.8) is 0 Å². The molecule has 0 spiro atoms. The number of carbonyl (C=O) groups excluding carboxylic acids is 1. The van der Waals surface area contributed by atoms with Crippen LogP contribution in [0.3, 0.4) is 0 Å². The molecule has 1 heterocycles. The van der Waals surface area contributed by atoms with Crippen molar-refractivity contribution in [2.45, 2.75) is 77.1 Å². The maximum Gasteiger partial charge on any atom is 0.308 e. The quantitative estimate of drug-likeness (QED) is 0.631. The molecule has 1 saturated heterocycles. The highest BCUT2D eigenvalue weighted by Gasteiger charge is 2.40. The molecule has 0 unspecified atom stereocenters. The lowest BCUT2D eigenvalue weighted by atomic mass is 9.63. The second kappa shape index (κ2) is 7.57. The maximum absolute atomic E-state index is 11.6. The second-order valence-electron chi connectivity index (χ2n) is 8.24. The third-order valence-electron chi connectivity index (χ3n) is 6.45. The van der Waals surface area contributed by atoms with E-state index in [4.69, 9.17) is 9.47 Å². The van der Waals surface area contributed by atoms with Gasteiger partial charge in [0.15, 0.2) is 0 Å². The number of aliphatic hydroxyl groups is 1. The van der Waals surface area contributed by atoms with Crippen molar-refractivity contribution in [2.75, 3.05) is 7.11 Å². The van der Waals surface area contributed by atoms with Crippen LogP contribution in [0.1, 0.15) is 58.8 Å². The van der Waals surface area contributed by atoms with E-state index in [1.807, 2.05) is 0 Å². The smallest absolute Gasteiger partial charge is 0.308 e. The Bertz CT molecular complexity index is 486. The van der Waals surface area contributed by atoms with Gasteiger partial charge in [-0.2, -0.15) is 0 Å². The molecule has 0 radical (unpaired) electrons. The van der Waals surface area contributed by atoms with E-state index in [2.05, 4.69) is 19.9 Å². The van der Waals surface area contributed by atoms with E-state index in [0.29, 0.717) is 24.2 Å². The first kappa shape index (κ1) is 17.9. The number of hydrogen-bond donors (Lipinski definition) is 1. The van der Waals surface area contributed by atoms with Crippen LogP contribution in [0.2, 0.25) is 0 Å². The third-order valence-corrected chi connectivity index (χ3v) is 6.45. The number of rotatable bonds is 4. The molecule has 0 aromatic carbocycles. The number of fused-ring (bicyclic) bond motifs is 1. The summed E-state index contributed by atoms with van der Waals surface area (Å²) < 4.78 is 11.2. The molecule has 136 valence electrons. The predicted molar refractivity (Wildman–Crippen MR) is 92.4 cm³/mol. The van der Waals surface area contributed by atoms with Gasteiger partial charge in [-0.05, 0) is 55.8 Å². The van der Waals surface area contributed by atoms with Crippen LogP contribution in [-0.4, -0.2) is 36.5 Å². The van der Waals surface area contributed by atoms with Crippen molar-refractivity contribution in [1.29, 1.82) is 0 Å². The lowest BCUT2D eigenvalue weighted by Crippen LogP contribution is -2.40. The van der Waals surface area contributed by atoms with Crippen molar-refractivity contribution < 1.29 is 19.4 Å². The molecule has 1 N–H and O–H groups in total. The van der Waals surface area contributed by atoms with Crippen molar-refractivity contribution in [2.24, 2.45) is 23.7 Å². The fourth-order valence-corrected chi connectivity index (χ4v) is 5.12. The first-order valence-corrected chi connectivity index (χ1v) is 9.58. The van der Waals surface area contributed by atoms with E-state index in [1.54, 1.807) is 12.7 Å². The average Bonchev–Trinajstić information content (AvgIpc) is 2.52. The molecule has 0 aromatic heterocycles. The molecule has 2 aliphatic carbocycles. The predicted octanol–water partition coefficient (Wildman–Crippen LogP) is 3.48. The van der Waals surface area contributed by atoms with Crippen molar-refractivity contribution in [3.8, 4) is 0 Å². The van der Waals surface area contributed by atoms with Crippen LogP contribution >= 0.6 is 0 Å². The summed E-state index contributed by atoms with van der Waals surface area (Å²) in [4.78, 5) is 11.6. The highest BCUT2D eigenvalue weighted by Crippen LogP contribution is 2.47. The van der Waals surface area contributed by atoms with Crippen molar-refractivity contribution in [3.05, 3.63) is 11.6 Å². The monoisotopic (exact) mass is 336 g/mol. The Kier molecular flexibility index (Phi) is 5.66. The summed E-state index contributed by atoms with van der Waals surface area (Å²) in [6.45, 7) is 4.64. The molecule has 7 atom stereocenters. The molecule has 0 aromatic rings. The van der Waals surface area contributed by atoms with Crippen LogP contribution in [0, 0.1) is 23.7 Å². The Morgan fingerprint density at radius 1 is 1.25 bits per heavy atom. The molecule has 1 aliphatic heterocycles. The molecule has 24 heavy (non-hydrogen) atoms. The number of allylic oxidation sites excluding steroid dienone is 1. The first-order chi connectivity index (χ1) is 11.5. The standard InChI is InChI=1S/C20H32O4/c1-12-4-6-18-14(8-12)9-19(23-3)13(2)17(18)7-5-16-10-15(21)11-20(22)24-16/h9,12-13,15-19,21H,4-8,10-11H2,1-3H3/t12-,13-,15-,16-,17+,18+,19-/m1/s1. The van der Waals surface area contributed by atoms with E-state index in [0.717, 1.165) is 18.8 Å². The fourth-order valence-electron chi connectivity index (χ4n) is 5.12. The zero-order valence-electron chi connectivity index (χ0n) is 15.2. The Morgan fingerprint density at radius 2 is 2.04 bits per heavy atom. The number of ether oxygens (including phenoxy) is 2. The van der Waals surface area contributed by atoms with E-state index in [-0.39, 0.29) is 24.6 Å². The van der Waals surface area contributed by atoms with Crippen LogP contribution in [0.25, 0.3) is 0 Å². The number of esters is 1. The summed E-state index contributed by atoms with van der Waals surface area (Å²) in [7, 11) is 1.81. The van der Waals surface area contributed by atoms with E-state index >= 15 is 0 Å². The van der Waals surface area contributed by atoms with Gasteiger partial charge >= 0.3 is 5.97 Å². The zero-order chi connectivity index (χ0) is 17.3. The third kappa shape index (κ3) is 3.85. The van der Waals surface area contributed by atoms with Gasteiger partial charge in [0, 0.05) is 13.5 Å². The van der Waals surface area contributed by atoms with Gasteiger partial charge in [-0.15, -0.1) is 0 Å². The number of carbonyl (C=O) groups is 1. The summed E-state index contributed by atoms with van der Waals surface area (Å²) in [5.41, 5.74) is 1.59. The zero-order valence-corrected chi connectivity index (χ0v) is 15.2. The molecule has 0 bridgehead atoms. The molecule has 1 saturated carbocycles. The van der Waals surface area contributed by atoms with Gasteiger partial charge in [-0.25, -0.2) is 0 Å². The lowest BCUT2D eigenvalue weighted by molar-refractivity contribution is -0.160. The summed E-state index contributed by atoms with van der Waals surface area (Å²) in [6.07, 6.45) is 8.34. The van der Waals surface area contributed by atoms with E-state index in [1.165, 1.54) is 19.3 Å². The van der Waals surface area contributed by atoms with Gasteiger partial charge in [0.25, 0.3) is 0 Å². The van der Waals surface area contributed by atoms with Gasteiger partial charge in [0.05, 0.1) is 18.6 Å². The Labute approximate surface area is 145 Å². The maximum atomic E-state index is 11.6. The summed E-state index contributed by atoms with van der Waals surface area (Å²) in [6, 6.07) is 0. The van der Waals surface area contributed by atoms with Crippen LogP contribution < -0.4 is 0 Å². The van der Waals surface area contributed by atoms with Gasteiger partial charge in [-0.1, -0.05) is 25.5 Å². The van der Waals surface area contributed by atoms with Crippen LogP contribution in [0.5, 0.6) is 0 Å². The van der Waals surface area contributed by atoms with Crippen LogP contribution in [-0.2, 0) is 14.3 Å². The van der Waals surface area contributed by atoms with E-state index in [9.17, 15) is 9.90 Å². The molecule has 4 heteroatoms. The number of hydrogen-bond acceptors (Lipinski definition) is 4. The highest BCUT2D eigenvalue weighted by atomic mass is 16.5. The topological polar surface area (TPSA) is 55.8 Å². The molecule has 2 fully saturated rings. The normalized spacial score (nSPS) is 42.9. The van der Waals surface area contributed by atoms with Crippen LogP contribution in [0.4, 0.5) is 0 Å². The Hall–Kier alpha value is -0.870. The Morgan fingerprint density at radius 3 is 2.75 bits per heavy atom. The minimum Gasteiger partial charge on any atom is -0.462 e. The average molecular weight is 336 g/mol. The minimum atomic E-state index is -0.530. The van der Waals surface area contributed by atoms with Gasteiger partial charge in [-0.3, -0.25) is 4.79 Å². The molecular weight excluding hydrogens is 304 g/mol. The van der Waals surface area contributed by atoms with Gasteiger partial charge < -0.3 is 14.6 Å². The first-order valence-electron chi connectivity index (χ1n) is 9.58. The van der Waals surface area contributed by atoms with Crippen molar-refractivity contribution in [1.82, 2.24) is 0 Å². The lowest BCUT2D eigenvalue weighted by Gasteiger charge is -2.44. The number of methoxy groups -OCH3 is 1. The largest absolute Gasteiger partial charge is 0.462 e. The molecule has 4 nitrogen and oxygen atoms in total. The Balaban J connectivity index is 1.67. The van der Waals surface area contributed by atoms with E-state index < -0.39 is 6.10 Å². The highest BCUT2D eigenvalue weighted by molar-refractivity contribution is 5.70. The summed E-state index contributed by atoms with van der Waals surface area (Å²) in [5.74, 6) is 2.25. The number of aliphatic hydroxyl groups excluding tert-OH is 1. The molecule has 3 rings (SSSR count). The summed E-state index contributed by atoms with van der Waals surface area (Å²) >= 11 is 0. The molecule has 0 amide bonds. The minimum absolute atomic E-state index is 0.119.